The number of rotatable bonds is 9. The molecule has 75 heavy (non-hydrogen) atoms. The third kappa shape index (κ3) is 7.19. The maximum Gasteiger partial charge on any atom is 0.179 e. The molecule has 0 amide bonds. The Bertz CT molecular complexity index is 4150. The SMILES string of the molecule is c1ccc([Si](c2ccccc2)(c2ccc([Si](c3ccccc3)(c3ccccc3)c3ccc4c(c3)-c3ccccc3-c3ccccc3-c3ncncc3-4)cc2)c2cccc(-c3cccc4c3sc3ccccc34)c2)cc1. The molecule has 0 fully saturated rings. The summed E-state index contributed by atoms with van der Waals surface area (Å²) in [7, 11) is -6.11. The van der Waals surface area contributed by atoms with E-state index in [1.807, 2.05) is 17.5 Å². The van der Waals surface area contributed by atoms with Gasteiger partial charge in [-0.25, -0.2) is 9.97 Å². The highest BCUT2D eigenvalue weighted by atomic mass is 32.1. The lowest BCUT2D eigenvalue weighted by Crippen LogP contribution is -2.76. The highest BCUT2D eigenvalue weighted by Gasteiger charge is 2.45. The highest BCUT2D eigenvalue weighted by molar-refractivity contribution is 7.26. The summed E-state index contributed by atoms with van der Waals surface area (Å²) in [5.74, 6) is 0. The van der Waals surface area contributed by atoms with Crippen molar-refractivity contribution in [3.05, 3.63) is 292 Å². The Labute approximate surface area is 443 Å². The standard InChI is InChI=1S/C70H48N2SSi2/c1-5-22-50(23-6-1)74(51-24-7-2-8-25-51,56-30-19-21-49(45-56)58-36-20-37-65-63-34-17-18-38-68(63)73-70(58)65)54-39-41-55(42-40-54)75(52-26-9-3-10-27-52,53-28-11-4-12-29-53)57-43-44-62-66(46-57)61-33-14-13-31-59(61)60-32-15-16-35-64(60)69-67(62)47-71-48-72-69/h1-48H. The topological polar surface area (TPSA) is 25.8 Å². The Balaban J connectivity index is 1.02. The van der Waals surface area contributed by atoms with E-state index in [2.05, 4.69) is 284 Å². The predicted molar refractivity (Wildman–Crippen MR) is 323 cm³/mol. The average molecular weight is 1010 g/mol. The van der Waals surface area contributed by atoms with Crippen LogP contribution in [0.5, 0.6) is 0 Å². The van der Waals surface area contributed by atoms with Crippen molar-refractivity contribution in [1.29, 1.82) is 0 Å². The molecule has 2 heterocycles. The van der Waals surface area contributed by atoms with Crippen LogP contribution in [-0.2, 0) is 0 Å². The molecule has 0 bridgehead atoms. The van der Waals surface area contributed by atoms with Crippen LogP contribution in [0.4, 0.5) is 0 Å². The van der Waals surface area contributed by atoms with Gasteiger partial charge in [0.1, 0.15) is 6.33 Å². The Kier molecular flexibility index (Phi) is 11.1. The lowest BCUT2D eigenvalue weighted by atomic mass is 9.83. The van der Waals surface area contributed by atoms with E-state index < -0.39 is 16.1 Å². The molecule has 14 rings (SSSR count). The molecule has 5 heteroatoms. The third-order valence-electron chi connectivity index (χ3n) is 15.7. The Morgan fingerprint density at radius 3 is 1.29 bits per heavy atom. The van der Waals surface area contributed by atoms with Crippen LogP contribution in [0, 0.1) is 0 Å². The van der Waals surface area contributed by atoms with E-state index in [0.29, 0.717) is 0 Å². The van der Waals surface area contributed by atoms with Gasteiger partial charge in [-0.2, -0.15) is 0 Å². The van der Waals surface area contributed by atoms with Crippen molar-refractivity contribution in [3.63, 3.8) is 0 Å². The molecular formula is C70H48N2SSi2. The lowest BCUT2D eigenvalue weighted by molar-refractivity contribution is 1.17. The first-order valence-electron chi connectivity index (χ1n) is 25.7. The summed E-state index contributed by atoms with van der Waals surface area (Å²) in [6.07, 6.45) is 3.68. The first-order valence-corrected chi connectivity index (χ1v) is 30.5. The first kappa shape index (κ1) is 44.8. The number of thiophene rings is 1. The normalized spacial score (nSPS) is 12.0. The fourth-order valence-corrected chi connectivity index (χ4v) is 23.2. The summed E-state index contributed by atoms with van der Waals surface area (Å²) >= 11 is 1.89. The van der Waals surface area contributed by atoms with Gasteiger partial charge >= 0.3 is 0 Å². The summed E-state index contributed by atoms with van der Waals surface area (Å²) in [5, 5.41) is 13.3. The maximum atomic E-state index is 4.98. The number of nitrogens with zero attached hydrogens (tertiary/aromatic N) is 2. The van der Waals surface area contributed by atoms with Gasteiger partial charge in [0.25, 0.3) is 0 Å². The van der Waals surface area contributed by atoms with Gasteiger partial charge in [-0.3, -0.25) is 0 Å². The van der Waals surface area contributed by atoms with Gasteiger partial charge in [0.2, 0.25) is 0 Å². The number of aromatic nitrogens is 2. The summed E-state index contributed by atoms with van der Waals surface area (Å²) in [6, 6.07) is 105. The molecule has 0 aliphatic heterocycles. The molecule has 11 aromatic carbocycles. The van der Waals surface area contributed by atoms with Crippen LogP contribution < -0.4 is 41.5 Å². The van der Waals surface area contributed by atoms with Crippen LogP contribution in [-0.4, -0.2) is 26.1 Å². The third-order valence-corrected chi connectivity index (χ3v) is 26.5. The quantitative estimate of drug-likeness (QED) is 0.106. The van der Waals surface area contributed by atoms with Gasteiger partial charge in [-0.15, -0.1) is 11.3 Å². The summed E-state index contributed by atoms with van der Waals surface area (Å²) in [4.78, 5) is 9.63. The monoisotopic (exact) mass is 1000 g/mol. The van der Waals surface area contributed by atoms with Crippen LogP contribution in [0.2, 0.25) is 0 Å². The molecule has 13 aromatic rings. The minimum Gasteiger partial charge on any atom is -0.244 e. The van der Waals surface area contributed by atoms with Gasteiger partial charge in [0.15, 0.2) is 16.1 Å². The Morgan fingerprint density at radius 1 is 0.280 bits per heavy atom. The van der Waals surface area contributed by atoms with Crippen molar-refractivity contribution in [1.82, 2.24) is 9.97 Å². The van der Waals surface area contributed by atoms with Gasteiger partial charge in [-0.05, 0) is 86.5 Å². The molecule has 1 aliphatic carbocycles. The molecule has 1 aliphatic rings. The van der Waals surface area contributed by atoms with E-state index in [1.165, 1.54) is 95.0 Å². The summed E-state index contributed by atoms with van der Waals surface area (Å²) < 4.78 is 2.64. The molecule has 0 unspecified atom stereocenters. The van der Waals surface area contributed by atoms with Crippen LogP contribution >= 0.6 is 11.3 Å². The number of hydrogen-bond acceptors (Lipinski definition) is 3. The molecular weight excluding hydrogens is 957 g/mol. The minimum atomic E-state index is -3.10. The molecule has 0 saturated carbocycles. The van der Waals surface area contributed by atoms with Gasteiger partial charge in [0.05, 0.1) is 5.69 Å². The van der Waals surface area contributed by atoms with Gasteiger partial charge in [0, 0.05) is 37.5 Å². The lowest BCUT2D eigenvalue weighted by Gasteiger charge is -2.37. The van der Waals surface area contributed by atoms with E-state index in [1.54, 1.807) is 6.33 Å². The molecule has 0 saturated heterocycles. The number of benzene rings is 11. The summed E-state index contributed by atoms with van der Waals surface area (Å²) in [5.41, 5.74) is 11.5. The molecule has 2 aromatic heterocycles. The summed E-state index contributed by atoms with van der Waals surface area (Å²) in [6.45, 7) is 0. The zero-order chi connectivity index (χ0) is 49.8. The maximum absolute atomic E-state index is 4.98. The zero-order valence-corrected chi connectivity index (χ0v) is 43.8. The van der Waals surface area contributed by atoms with Gasteiger partial charge in [-0.1, -0.05) is 273 Å². The molecule has 0 atom stereocenters. The van der Waals surface area contributed by atoms with E-state index >= 15 is 0 Å². The second kappa shape index (κ2) is 18.6. The minimum absolute atomic E-state index is 0.946. The number of hydrogen-bond donors (Lipinski definition) is 0. The van der Waals surface area contributed by atoms with Crippen molar-refractivity contribution < 1.29 is 0 Å². The largest absolute Gasteiger partial charge is 0.244 e. The molecule has 0 N–H and O–H groups in total. The number of fused-ring (bicyclic) bond motifs is 11. The second-order valence-electron chi connectivity index (χ2n) is 19.5. The Morgan fingerprint density at radius 2 is 0.693 bits per heavy atom. The Hall–Kier alpha value is -8.85. The van der Waals surface area contributed by atoms with E-state index in [-0.39, 0.29) is 0 Å². The van der Waals surface area contributed by atoms with Gasteiger partial charge < -0.3 is 0 Å². The zero-order valence-electron chi connectivity index (χ0n) is 41.0. The molecule has 0 radical (unpaired) electrons. The smallest absolute Gasteiger partial charge is 0.179 e. The molecule has 2 nitrogen and oxygen atoms in total. The second-order valence-corrected chi connectivity index (χ2v) is 28.2. The molecule has 0 spiro atoms. The van der Waals surface area contributed by atoms with Crippen LogP contribution in [0.25, 0.3) is 75.9 Å². The highest BCUT2D eigenvalue weighted by Crippen LogP contribution is 2.46. The predicted octanol–water partition coefficient (Wildman–Crippen LogP) is 12.2. The van der Waals surface area contributed by atoms with Crippen LogP contribution in [0.1, 0.15) is 0 Å². The van der Waals surface area contributed by atoms with E-state index in [0.717, 1.165) is 22.4 Å². The fraction of sp³-hybridized carbons (Fsp3) is 0. The molecule has 352 valence electrons. The average Bonchev–Trinajstić information content (AvgIpc) is 3.88. The fourth-order valence-electron chi connectivity index (χ4n) is 12.5. The van der Waals surface area contributed by atoms with Crippen molar-refractivity contribution in [2.75, 3.05) is 0 Å². The van der Waals surface area contributed by atoms with Crippen molar-refractivity contribution in [3.8, 4) is 55.8 Å². The van der Waals surface area contributed by atoms with Crippen molar-refractivity contribution >= 4 is 89.2 Å². The van der Waals surface area contributed by atoms with Crippen molar-refractivity contribution in [2.45, 2.75) is 0 Å². The first-order chi connectivity index (χ1) is 37.2. The van der Waals surface area contributed by atoms with E-state index in [4.69, 9.17) is 4.98 Å². The van der Waals surface area contributed by atoms with Crippen LogP contribution in [0.3, 0.4) is 0 Å². The van der Waals surface area contributed by atoms with E-state index in [9.17, 15) is 0 Å². The van der Waals surface area contributed by atoms with Crippen LogP contribution in [0.15, 0.2) is 292 Å². The van der Waals surface area contributed by atoms with Crippen molar-refractivity contribution in [2.24, 2.45) is 0 Å².